The predicted molar refractivity (Wildman–Crippen MR) is 141 cm³/mol. The summed E-state index contributed by atoms with van der Waals surface area (Å²) in [5.74, 6) is -0.393. The van der Waals surface area contributed by atoms with Crippen LogP contribution in [0.3, 0.4) is 0 Å². The maximum absolute atomic E-state index is 13.9. The number of rotatable bonds is 6. The van der Waals surface area contributed by atoms with Crippen molar-refractivity contribution in [3.63, 3.8) is 0 Å². The number of halogens is 4. The van der Waals surface area contributed by atoms with E-state index in [4.69, 9.17) is 16.3 Å². The molecule has 1 N–H and O–H groups in total. The van der Waals surface area contributed by atoms with E-state index in [0.29, 0.717) is 23.9 Å². The van der Waals surface area contributed by atoms with Gasteiger partial charge in [0.25, 0.3) is 0 Å². The Labute approximate surface area is 222 Å². The van der Waals surface area contributed by atoms with E-state index in [1.165, 1.54) is 0 Å². The molecule has 2 aliphatic rings. The van der Waals surface area contributed by atoms with Gasteiger partial charge >= 0.3 is 0 Å². The fourth-order valence-corrected chi connectivity index (χ4v) is 4.62. The summed E-state index contributed by atoms with van der Waals surface area (Å²) in [6.45, 7) is 8.07. The largest absolute Gasteiger partial charge is 0.486 e. The van der Waals surface area contributed by atoms with Crippen LogP contribution < -0.4 is 9.80 Å². The number of pyridine rings is 2. The molecule has 2 aliphatic heterocycles. The van der Waals surface area contributed by atoms with Crippen LogP contribution in [0.2, 0.25) is 0 Å². The third-order valence-corrected chi connectivity index (χ3v) is 6.68. The van der Waals surface area contributed by atoms with Crippen LogP contribution in [-0.2, 0) is 11.3 Å². The minimum atomic E-state index is -0.966. The van der Waals surface area contributed by atoms with Gasteiger partial charge in [-0.1, -0.05) is 11.6 Å². The number of aromatic nitrogens is 2. The van der Waals surface area contributed by atoms with Crippen molar-refractivity contribution in [2.24, 2.45) is 0 Å². The Morgan fingerprint density at radius 1 is 1.14 bits per heavy atom. The fourth-order valence-electron chi connectivity index (χ4n) is 3.87. The van der Waals surface area contributed by atoms with Gasteiger partial charge in [0.05, 0.1) is 23.4 Å². The Bertz CT molecular complexity index is 1320. The van der Waals surface area contributed by atoms with Crippen molar-refractivity contribution < 1.29 is 18.6 Å². The normalized spacial score (nSPS) is 16.6. The molecule has 0 spiro atoms. The number of nitrogens with zero attached hydrogens (tertiary/aromatic N) is 4. The van der Waals surface area contributed by atoms with Crippen molar-refractivity contribution in [2.75, 3.05) is 22.9 Å². The smallest absolute Gasteiger partial charge is 0.151 e. The molecular weight excluding hydrogens is 554 g/mol. The molecule has 190 valence electrons. The van der Waals surface area contributed by atoms with Gasteiger partial charge in [-0.25, -0.2) is 13.8 Å². The molecule has 4 rings (SSSR count). The van der Waals surface area contributed by atoms with Gasteiger partial charge in [-0.2, -0.15) is 0 Å². The van der Waals surface area contributed by atoms with Gasteiger partial charge in [-0.15, -0.1) is 0 Å². The number of ether oxygens (including phenoxy) is 1. The van der Waals surface area contributed by atoms with Crippen molar-refractivity contribution in [3.05, 3.63) is 92.3 Å². The van der Waals surface area contributed by atoms with Gasteiger partial charge in [0.1, 0.15) is 29.7 Å². The highest BCUT2D eigenvalue weighted by atomic mass is 79.9. The monoisotopic (exact) mass is 578 g/mol. The summed E-state index contributed by atoms with van der Waals surface area (Å²) in [5.41, 5.74) is 2.63. The molecule has 0 amide bonds. The molecule has 2 aromatic rings. The zero-order chi connectivity index (χ0) is 26.2. The molecule has 0 saturated carbocycles. The second kappa shape index (κ2) is 10.3. The quantitative estimate of drug-likeness (QED) is 0.439. The fraction of sp³-hybridized carbons (Fsp3) is 0.308. The molecule has 0 fully saturated rings. The third kappa shape index (κ3) is 5.79. The van der Waals surface area contributed by atoms with Crippen LogP contribution in [-0.4, -0.2) is 33.8 Å². The van der Waals surface area contributed by atoms with E-state index in [2.05, 4.69) is 25.9 Å². The van der Waals surface area contributed by atoms with Crippen molar-refractivity contribution in [1.29, 1.82) is 0 Å². The lowest BCUT2D eigenvalue weighted by molar-refractivity contribution is 0.118. The van der Waals surface area contributed by atoms with E-state index in [-0.39, 0.29) is 12.3 Å². The molecule has 4 heterocycles. The zero-order valence-electron chi connectivity index (χ0n) is 20.3. The lowest BCUT2D eigenvalue weighted by Gasteiger charge is -2.33. The van der Waals surface area contributed by atoms with Gasteiger partial charge in [0, 0.05) is 53.0 Å². The number of aryl methyl sites for hydroxylation is 1. The Kier molecular flexibility index (Phi) is 7.54. The van der Waals surface area contributed by atoms with Crippen LogP contribution in [0.25, 0.3) is 0 Å². The summed E-state index contributed by atoms with van der Waals surface area (Å²) >= 11 is 10.1. The number of hydrogen-bond donors (Lipinski definition) is 1. The van der Waals surface area contributed by atoms with E-state index in [1.807, 2.05) is 42.0 Å². The molecule has 0 saturated heterocycles. The number of aliphatic hydroxyl groups is 1. The highest BCUT2D eigenvalue weighted by Gasteiger charge is 2.26. The van der Waals surface area contributed by atoms with Gasteiger partial charge in [0.2, 0.25) is 0 Å². The van der Waals surface area contributed by atoms with E-state index in [9.17, 15) is 13.9 Å². The van der Waals surface area contributed by atoms with Crippen molar-refractivity contribution >= 4 is 39.0 Å². The maximum atomic E-state index is 13.9. The molecule has 0 radical (unpaired) electrons. The summed E-state index contributed by atoms with van der Waals surface area (Å²) in [4.78, 5) is 12.4. The highest BCUT2D eigenvalue weighted by Crippen LogP contribution is 2.35. The maximum Gasteiger partial charge on any atom is 0.151 e. The molecule has 0 aliphatic carbocycles. The number of anilines is 2. The first-order valence-electron chi connectivity index (χ1n) is 11.2. The zero-order valence-corrected chi connectivity index (χ0v) is 22.7. The molecule has 36 heavy (non-hydrogen) atoms. The summed E-state index contributed by atoms with van der Waals surface area (Å²) in [7, 11) is 0. The second-order valence-corrected chi connectivity index (χ2v) is 10.6. The second-order valence-electron chi connectivity index (χ2n) is 9.21. The highest BCUT2D eigenvalue weighted by molar-refractivity contribution is 9.11. The first kappa shape index (κ1) is 26.3. The lowest BCUT2D eigenvalue weighted by Crippen LogP contribution is -2.34. The van der Waals surface area contributed by atoms with Crippen molar-refractivity contribution in [1.82, 2.24) is 9.97 Å². The third-order valence-electron chi connectivity index (χ3n) is 5.94. The topological polar surface area (TPSA) is 61.7 Å². The average molecular weight is 580 g/mol. The van der Waals surface area contributed by atoms with E-state index in [0.717, 1.165) is 45.1 Å². The summed E-state index contributed by atoms with van der Waals surface area (Å²) in [5, 5.41) is 10.9. The van der Waals surface area contributed by atoms with Gasteiger partial charge in [-0.3, -0.25) is 4.98 Å². The molecule has 6 nitrogen and oxygen atoms in total. The van der Waals surface area contributed by atoms with Gasteiger partial charge < -0.3 is 19.6 Å². The Hall–Kier alpha value is -2.75. The predicted octanol–water partition coefficient (Wildman–Crippen LogP) is 6.21. The molecule has 10 heteroatoms. The number of hydrogen-bond acceptors (Lipinski definition) is 6. The Morgan fingerprint density at radius 3 is 2.58 bits per heavy atom. The summed E-state index contributed by atoms with van der Waals surface area (Å²) in [6, 6.07) is 2.75. The lowest BCUT2D eigenvalue weighted by atomic mass is 9.96. The van der Waals surface area contributed by atoms with E-state index >= 15 is 0 Å². The molecule has 0 aromatic carbocycles. The van der Waals surface area contributed by atoms with Crippen LogP contribution in [0.5, 0.6) is 0 Å². The van der Waals surface area contributed by atoms with Crippen molar-refractivity contribution in [2.45, 2.75) is 39.9 Å². The van der Waals surface area contributed by atoms with Crippen LogP contribution >= 0.6 is 27.5 Å². The van der Waals surface area contributed by atoms with E-state index in [1.54, 1.807) is 26.1 Å². The summed E-state index contributed by atoms with van der Waals surface area (Å²) < 4.78 is 33.6. The first-order valence-corrected chi connectivity index (χ1v) is 12.4. The van der Waals surface area contributed by atoms with Gasteiger partial charge in [-0.05, 0) is 60.8 Å². The van der Waals surface area contributed by atoms with Crippen LogP contribution in [0, 0.1) is 18.6 Å². The summed E-state index contributed by atoms with van der Waals surface area (Å²) in [6.07, 6.45) is 8.37. The molecule has 0 unspecified atom stereocenters. The molecule has 0 atom stereocenters. The van der Waals surface area contributed by atoms with Crippen LogP contribution in [0.4, 0.5) is 20.3 Å². The molecule has 2 aromatic heterocycles. The number of allylic oxidation sites excluding steroid dienone is 4. The first-order chi connectivity index (χ1) is 16.9. The minimum Gasteiger partial charge on any atom is -0.486 e. The molecular formula is C26H26BrClF2N4O2. The Balaban J connectivity index is 1.55. The minimum absolute atomic E-state index is 0.00306. The van der Waals surface area contributed by atoms with Crippen LogP contribution in [0.1, 0.15) is 32.0 Å². The average Bonchev–Trinajstić information content (AvgIpc) is 2.80. The Morgan fingerprint density at radius 2 is 1.89 bits per heavy atom. The van der Waals surface area contributed by atoms with Crippen LogP contribution in [0.15, 0.2) is 69.4 Å². The standard InChI is InChI=1S/C26H26BrClF2N4O2/c1-15-9-32-25(33-11-17(26(3,4)35)6-18(27)12-33)8-23(15)34-13-20(28)24(5-16(34)2)36-14-22-21(30)7-19(29)10-31-22/h5-10,12,35H,11,13-14H2,1-4H3. The van der Waals surface area contributed by atoms with Gasteiger partial charge in [0.15, 0.2) is 5.82 Å². The van der Waals surface area contributed by atoms with Crippen molar-refractivity contribution in [3.8, 4) is 0 Å². The SMILES string of the molecule is CC1=CC(OCc2ncc(F)cc2F)=C(Cl)CN1c1cc(N2C=C(Br)C=C(C(C)(C)O)C2)ncc1C. The molecule has 0 bridgehead atoms. The van der Waals surface area contributed by atoms with E-state index < -0.39 is 17.2 Å².